The molecule has 11 nitrogen and oxygen atoms in total. The van der Waals surface area contributed by atoms with Crippen molar-refractivity contribution < 1.29 is 24.2 Å². The molecule has 0 aliphatic carbocycles. The molecule has 212 valence electrons. The number of likely N-dealkylation sites (N-methyl/N-ethyl adjacent to an activating group) is 1. The normalized spacial score (nSPS) is 17.6. The van der Waals surface area contributed by atoms with Gasteiger partial charge in [-0.3, -0.25) is 14.3 Å². The molecule has 1 aliphatic rings. The van der Waals surface area contributed by atoms with Crippen molar-refractivity contribution in [2.45, 2.75) is 32.9 Å². The molecule has 2 aromatic carbocycles. The Kier molecular flexibility index (Phi) is 8.73. The third-order valence-electron chi connectivity index (χ3n) is 7.00. The number of aryl methyl sites for hydroxylation is 2. The molecule has 2 heterocycles. The largest absolute Gasteiger partial charge is 0.485 e. The van der Waals surface area contributed by atoms with Crippen molar-refractivity contribution in [2.75, 3.05) is 37.4 Å². The first-order valence-electron chi connectivity index (χ1n) is 13.2. The van der Waals surface area contributed by atoms with Gasteiger partial charge in [0.25, 0.3) is 11.8 Å². The van der Waals surface area contributed by atoms with Crippen molar-refractivity contribution in [3.8, 4) is 5.75 Å². The van der Waals surface area contributed by atoms with Crippen LogP contribution in [0.2, 0.25) is 0 Å². The fourth-order valence-electron chi connectivity index (χ4n) is 4.66. The summed E-state index contributed by atoms with van der Waals surface area (Å²) < 4.78 is 7.97. The number of benzene rings is 2. The number of hydrogen-bond acceptors (Lipinski definition) is 6. The first-order valence-corrected chi connectivity index (χ1v) is 13.2. The van der Waals surface area contributed by atoms with E-state index in [0.717, 1.165) is 0 Å². The third kappa shape index (κ3) is 6.26. The van der Waals surface area contributed by atoms with E-state index in [1.165, 1.54) is 9.58 Å². The minimum absolute atomic E-state index is 0.206. The Morgan fingerprint density at radius 1 is 1.18 bits per heavy atom. The van der Waals surface area contributed by atoms with Gasteiger partial charge >= 0.3 is 6.03 Å². The van der Waals surface area contributed by atoms with Gasteiger partial charge in [0, 0.05) is 32.2 Å². The fraction of sp³-hybridized carbons (Fsp3) is 0.379. The molecule has 40 heavy (non-hydrogen) atoms. The second-order valence-corrected chi connectivity index (χ2v) is 10.2. The Labute approximate surface area is 233 Å². The predicted octanol–water partition coefficient (Wildman–Crippen LogP) is 3.36. The third-order valence-corrected chi connectivity index (χ3v) is 7.00. The SMILES string of the molecule is Cc1cc(C(=O)Nc2cccc3c2O[C@@H](CN(C)C(=O)Nc2ccccc2)[C@H](C)CN([C@H](C)CO)C3=O)n(C)n1. The molecule has 0 spiro atoms. The quantitative estimate of drug-likeness (QED) is 0.415. The molecule has 0 unspecified atom stereocenters. The highest BCUT2D eigenvalue weighted by Crippen LogP contribution is 2.35. The van der Waals surface area contributed by atoms with Gasteiger partial charge in [-0.05, 0) is 44.2 Å². The zero-order valence-corrected chi connectivity index (χ0v) is 23.4. The number of ether oxygens (including phenoxy) is 1. The van der Waals surface area contributed by atoms with E-state index in [1.807, 2.05) is 25.1 Å². The van der Waals surface area contributed by atoms with E-state index < -0.39 is 18.1 Å². The van der Waals surface area contributed by atoms with E-state index in [1.54, 1.807) is 69.2 Å². The topological polar surface area (TPSA) is 129 Å². The maximum atomic E-state index is 13.7. The maximum absolute atomic E-state index is 13.7. The highest BCUT2D eigenvalue weighted by molar-refractivity contribution is 6.06. The molecule has 1 aromatic heterocycles. The summed E-state index contributed by atoms with van der Waals surface area (Å²) in [5.74, 6) is -0.728. The highest BCUT2D eigenvalue weighted by atomic mass is 16.5. The fourth-order valence-corrected chi connectivity index (χ4v) is 4.66. The maximum Gasteiger partial charge on any atom is 0.321 e. The number of carbonyl (C=O) groups is 3. The van der Waals surface area contributed by atoms with Crippen molar-refractivity contribution >= 4 is 29.2 Å². The molecular formula is C29H36N6O5. The van der Waals surface area contributed by atoms with Gasteiger partial charge in [0.2, 0.25) is 0 Å². The molecule has 0 saturated carbocycles. The van der Waals surface area contributed by atoms with Crippen LogP contribution in [-0.4, -0.2) is 81.4 Å². The van der Waals surface area contributed by atoms with Gasteiger partial charge in [-0.1, -0.05) is 31.2 Å². The number of hydrogen-bond donors (Lipinski definition) is 3. The average Bonchev–Trinajstić information content (AvgIpc) is 3.28. The minimum Gasteiger partial charge on any atom is -0.485 e. The molecule has 11 heteroatoms. The Morgan fingerprint density at radius 3 is 2.55 bits per heavy atom. The standard InChI is InChI=1S/C29H36N6O5/c1-18-15-35(20(3)17-36)28(38)22-12-9-13-23(31-27(37)24-14-19(2)32-34(24)5)26(22)40-25(18)16-33(4)29(39)30-21-10-7-6-8-11-21/h6-14,18,20,25,36H,15-17H2,1-5H3,(H,30,39)(H,31,37)/t18-,20-,25+/m1/s1. The van der Waals surface area contributed by atoms with Gasteiger partial charge in [-0.15, -0.1) is 0 Å². The van der Waals surface area contributed by atoms with Crippen LogP contribution in [0.4, 0.5) is 16.2 Å². The molecule has 0 fully saturated rings. The second kappa shape index (κ2) is 12.2. The summed E-state index contributed by atoms with van der Waals surface area (Å²) in [5, 5.41) is 19.9. The van der Waals surface area contributed by atoms with Gasteiger partial charge < -0.3 is 30.3 Å². The van der Waals surface area contributed by atoms with Gasteiger partial charge in [-0.25, -0.2) is 4.79 Å². The summed E-state index contributed by atoms with van der Waals surface area (Å²) in [4.78, 5) is 42.9. The Morgan fingerprint density at radius 2 is 1.90 bits per heavy atom. The number of nitrogens with one attached hydrogen (secondary N) is 2. The van der Waals surface area contributed by atoms with Crippen LogP contribution in [0.5, 0.6) is 5.75 Å². The van der Waals surface area contributed by atoms with E-state index in [0.29, 0.717) is 29.3 Å². The zero-order chi connectivity index (χ0) is 29.0. The van der Waals surface area contributed by atoms with Crippen molar-refractivity contribution in [1.82, 2.24) is 19.6 Å². The van der Waals surface area contributed by atoms with Gasteiger partial charge in [0.05, 0.1) is 36.1 Å². The first kappa shape index (κ1) is 28.6. The predicted molar refractivity (Wildman–Crippen MR) is 152 cm³/mol. The van der Waals surface area contributed by atoms with Crippen LogP contribution in [-0.2, 0) is 7.05 Å². The highest BCUT2D eigenvalue weighted by Gasteiger charge is 2.35. The number of amides is 4. The summed E-state index contributed by atoms with van der Waals surface area (Å²) in [6.07, 6.45) is -0.538. The minimum atomic E-state index is -0.538. The summed E-state index contributed by atoms with van der Waals surface area (Å²) in [6, 6.07) is 15.0. The van der Waals surface area contributed by atoms with Crippen LogP contribution < -0.4 is 15.4 Å². The number of carbonyl (C=O) groups excluding carboxylic acids is 3. The molecule has 3 aromatic rings. The number of fused-ring (bicyclic) bond motifs is 1. The molecule has 4 rings (SSSR count). The lowest BCUT2D eigenvalue weighted by Crippen LogP contribution is -2.50. The van der Waals surface area contributed by atoms with Crippen molar-refractivity contribution in [3.05, 3.63) is 71.5 Å². The number of aliphatic hydroxyl groups excluding tert-OH is 1. The molecule has 3 atom stereocenters. The lowest BCUT2D eigenvalue weighted by atomic mass is 9.99. The smallest absolute Gasteiger partial charge is 0.321 e. The number of urea groups is 1. The van der Waals surface area contributed by atoms with Crippen LogP contribution in [0.15, 0.2) is 54.6 Å². The Balaban J connectivity index is 1.67. The first-order chi connectivity index (χ1) is 19.1. The summed E-state index contributed by atoms with van der Waals surface area (Å²) >= 11 is 0. The molecule has 0 radical (unpaired) electrons. The lowest BCUT2D eigenvalue weighted by Gasteiger charge is -2.38. The van der Waals surface area contributed by atoms with E-state index in [-0.39, 0.29) is 42.3 Å². The summed E-state index contributed by atoms with van der Waals surface area (Å²) in [7, 11) is 3.35. The van der Waals surface area contributed by atoms with Crippen molar-refractivity contribution in [3.63, 3.8) is 0 Å². The van der Waals surface area contributed by atoms with Gasteiger partial charge in [-0.2, -0.15) is 5.10 Å². The van der Waals surface area contributed by atoms with Crippen LogP contribution in [0, 0.1) is 12.8 Å². The Bertz CT molecular complexity index is 1370. The van der Waals surface area contributed by atoms with E-state index in [2.05, 4.69) is 15.7 Å². The second-order valence-electron chi connectivity index (χ2n) is 10.2. The molecular weight excluding hydrogens is 512 g/mol. The monoisotopic (exact) mass is 548 g/mol. The number of anilines is 2. The van der Waals surface area contributed by atoms with Crippen molar-refractivity contribution in [2.24, 2.45) is 13.0 Å². The molecule has 1 aliphatic heterocycles. The Hall–Kier alpha value is -4.38. The molecule has 0 saturated heterocycles. The summed E-state index contributed by atoms with van der Waals surface area (Å²) in [5.41, 5.74) is 2.29. The molecule has 3 N–H and O–H groups in total. The van der Waals surface area contributed by atoms with Crippen molar-refractivity contribution in [1.29, 1.82) is 0 Å². The molecule has 0 bridgehead atoms. The number of para-hydroxylation sites is 2. The van der Waals surface area contributed by atoms with Gasteiger partial charge in [0.1, 0.15) is 11.8 Å². The van der Waals surface area contributed by atoms with Gasteiger partial charge in [0.15, 0.2) is 5.75 Å². The number of nitrogens with zero attached hydrogens (tertiary/aromatic N) is 4. The van der Waals surface area contributed by atoms with Crippen LogP contribution >= 0.6 is 0 Å². The number of rotatable bonds is 7. The average molecular weight is 549 g/mol. The lowest BCUT2D eigenvalue weighted by molar-refractivity contribution is 0.0372. The van der Waals surface area contributed by atoms with Crippen LogP contribution in [0.3, 0.4) is 0 Å². The number of aromatic nitrogens is 2. The van der Waals surface area contributed by atoms with E-state index >= 15 is 0 Å². The zero-order valence-electron chi connectivity index (χ0n) is 23.4. The van der Waals surface area contributed by atoms with Crippen LogP contribution in [0.25, 0.3) is 0 Å². The van der Waals surface area contributed by atoms with E-state index in [4.69, 9.17) is 4.74 Å². The molecule has 4 amide bonds. The van der Waals surface area contributed by atoms with E-state index in [9.17, 15) is 19.5 Å². The summed E-state index contributed by atoms with van der Waals surface area (Å²) in [6.45, 7) is 5.81. The van der Waals surface area contributed by atoms with Crippen LogP contribution in [0.1, 0.15) is 40.4 Å². The number of aliphatic hydroxyl groups is 1.